The second kappa shape index (κ2) is 5.41. The summed E-state index contributed by atoms with van der Waals surface area (Å²) in [6, 6.07) is 0. The smallest absolute Gasteiger partial charge is 0.230 e. The molecule has 1 aromatic heterocycles. The number of hydrogen-bond donors (Lipinski definition) is 1. The molecular weight excluding hydrogens is 204 g/mol. The fraction of sp³-hybridized carbons (Fsp3) is 0.818. The van der Waals surface area contributed by atoms with Crippen LogP contribution in [0.5, 0.6) is 0 Å². The van der Waals surface area contributed by atoms with Crippen LogP contribution in [0.4, 0.5) is 0 Å². The first-order valence-corrected chi connectivity index (χ1v) is 5.59. The summed E-state index contributed by atoms with van der Waals surface area (Å²) in [5.74, 6) is 1.38. The first kappa shape index (κ1) is 13.1. The van der Waals surface area contributed by atoms with Crippen molar-refractivity contribution in [1.29, 1.82) is 0 Å². The van der Waals surface area contributed by atoms with Crippen molar-refractivity contribution in [2.24, 2.45) is 0 Å². The largest absolute Gasteiger partial charge is 0.423 e. The van der Waals surface area contributed by atoms with Gasteiger partial charge in [0.25, 0.3) is 0 Å². The number of nitrogens with zero attached hydrogens (tertiary/aromatic N) is 3. The number of nitrogens with one attached hydrogen (secondary N) is 1. The second-order valence-corrected chi connectivity index (χ2v) is 5.09. The lowest BCUT2D eigenvalue weighted by molar-refractivity contribution is 0.276. The number of likely N-dealkylation sites (N-methyl/N-ethyl adjacent to an activating group) is 2. The minimum atomic E-state index is -0.0746. The monoisotopic (exact) mass is 226 g/mol. The molecule has 92 valence electrons. The standard InChI is InChI=1S/C11H22N4O/c1-11(2,3)10-14-13-9(16-10)8-15(5)7-6-12-4/h12H,6-8H2,1-5H3. The maximum absolute atomic E-state index is 5.61. The fourth-order valence-corrected chi connectivity index (χ4v) is 1.23. The molecule has 0 radical (unpaired) electrons. The van der Waals surface area contributed by atoms with Gasteiger partial charge in [0.15, 0.2) is 0 Å². The molecule has 0 atom stereocenters. The number of rotatable bonds is 5. The van der Waals surface area contributed by atoms with E-state index in [0.29, 0.717) is 18.3 Å². The van der Waals surface area contributed by atoms with E-state index in [-0.39, 0.29) is 5.41 Å². The summed E-state index contributed by atoms with van der Waals surface area (Å²) in [6.45, 7) is 8.81. The molecule has 1 aromatic rings. The van der Waals surface area contributed by atoms with Crippen molar-refractivity contribution < 1.29 is 4.42 Å². The predicted octanol–water partition coefficient (Wildman–Crippen LogP) is 1.02. The van der Waals surface area contributed by atoms with E-state index in [2.05, 4.69) is 41.2 Å². The molecule has 0 spiro atoms. The molecule has 5 heteroatoms. The molecule has 0 aliphatic carbocycles. The van der Waals surface area contributed by atoms with E-state index >= 15 is 0 Å². The highest BCUT2D eigenvalue weighted by molar-refractivity contribution is 4.95. The summed E-state index contributed by atoms with van der Waals surface area (Å²) < 4.78 is 5.61. The Kier molecular flexibility index (Phi) is 4.44. The Morgan fingerprint density at radius 2 is 2.00 bits per heavy atom. The molecule has 16 heavy (non-hydrogen) atoms. The van der Waals surface area contributed by atoms with Gasteiger partial charge in [0.1, 0.15) is 0 Å². The van der Waals surface area contributed by atoms with E-state index in [9.17, 15) is 0 Å². The van der Waals surface area contributed by atoms with Crippen molar-refractivity contribution in [3.8, 4) is 0 Å². The van der Waals surface area contributed by atoms with E-state index in [1.165, 1.54) is 0 Å². The quantitative estimate of drug-likeness (QED) is 0.812. The molecule has 0 fully saturated rings. The molecule has 0 aliphatic rings. The normalized spacial score (nSPS) is 12.4. The first-order valence-electron chi connectivity index (χ1n) is 5.59. The Bertz CT molecular complexity index is 316. The van der Waals surface area contributed by atoms with Gasteiger partial charge in [0, 0.05) is 18.5 Å². The van der Waals surface area contributed by atoms with Gasteiger partial charge in [-0.15, -0.1) is 10.2 Å². The van der Waals surface area contributed by atoms with Crippen molar-refractivity contribution >= 4 is 0 Å². The maximum atomic E-state index is 5.61. The van der Waals surface area contributed by atoms with E-state index in [0.717, 1.165) is 13.1 Å². The van der Waals surface area contributed by atoms with Crippen LogP contribution in [0.3, 0.4) is 0 Å². The van der Waals surface area contributed by atoms with Crippen LogP contribution in [0, 0.1) is 0 Å². The minimum absolute atomic E-state index is 0.0746. The van der Waals surface area contributed by atoms with Crippen LogP contribution in [0.25, 0.3) is 0 Å². The molecule has 0 amide bonds. The van der Waals surface area contributed by atoms with Gasteiger partial charge in [-0.05, 0) is 14.1 Å². The Balaban J connectivity index is 2.52. The molecule has 0 saturated heterocycles. The Labute approximate surface area is 97.2 Å². The zero-order valence-electron chi connectivity index (χ0n) is 10.9. The Morgan fingerprint density at radius 3 is 2.50 bits per heavy atom. The van der Waals surface area contributed by atoms with Crippen molar-refractivity contribution in [3.05, 3.63) is 11.8 Å². The molecule has 0 bridgehead atoms. The zero-order chi connectivity index (χ0) is 12.2. The molecule has 0 saturated carbocycles. The highest BCUT2D eigenvalue weighted by atomic mass is 16.4. The molecule has 1 heterocycles. The molecule has 1 N–H and O–H groups in total. The van der Waals surface area contributed by atoms with Gasteiger partial charge in [-0.1, -0.05) is 20.8 Å². The lowest BCUT2D eigenvalue weighted by Gasteiger charge is -2.14. The Hall–Kier alpha value is -0.940. The third-order valence-electron chi connectivity index (χ3n) is 2.26. The van der Waals surface area contributed by atoms with Gasteiger partial charge >= 0.3 is 0 Å². The van der Waals surface area contributed by atoms with Crippen molar-refractivity contribution in [2.75, 3.05) is 27.2 Å². The summed E-state index contributed by atoms with van der Waals surface area (Å²) in [4.78, 5) is 2.15. The topological polar surface area (TPSA) is 54.2 Å². The van der Waals surface area contributed by atoms with E-state index in [4.69, 9.17) is 4.42 Å². The van der Waals surface area contributed by atoms with Crippen LogP contribution in [-0.4, -0.2) is 42.3 Å². The lowest BCUT2D eigenvalue weighted by Crippen LogP contribution is -2.27. The number of aromatic nitrogens is 2. The molecule has 0 aliphatic heterocycles. The third kappa shape index (κ3) is 3.90. The average Bonchev–Trinajstić information content (AvgIpc) is 2.62. The van der Waals surface area contributed by atoms with Crippen LogP contribution >= 0.6 is 0 Å². The minimum Gasteiger partial charge on any atom is -0.423 e. The van der Waals surface area contributed by atoms with Crippen LogP contribution in [0.15, 0.2) is 4.42 Å². The highest BCUT2D eigenvalue weighted by Gasteiger charge is 2.21. The van der Waals surface area contributed by atoms with Gasteiger partial charge in [-0.3, -0.25) is 4.90 Å². The van der Waals surface area contributed by atoms with Crippen LogP contribution < -0.4 is 5.32 Å². The summed E-state index contributed by atoms with van der Waals surface area (Å²) in [5, 5.41) is 11.2. The predicted molar refractivity (Wildman–Crippen MR) is 63.3 cm³/mol. The van der Waals surface area contributed by atoms with Crippen LogP contribution in [-0.2, 0) is 12.0 Å². The number of hydrogen-bond acceptors (Lipinski definition) is 5. The summed E-state index contributed by atoms with van der Waals surface area (Å²) in [7, 11) is 3.98. The summed E-state index contributed by atoms with van der Waals surface area (Å²) in [6.07, 6.45) is 0. The van der Waals surface area contributed by atoms with Crippen LogP contribution in [0.1, 0.15) is 32.6 Å². The van der Waals surface area contributed by atoms with Crippen molar-refractivity contribution in [2.45, 2.75) is 32.7 Å². The van der Waals surface area contributed by atoms with E-state index < -0.39 is 0 Å². The Morgan fingerprint density at radius 1 is 1.31 bits per heavy atom. The van der Waals surface area contributed by atoms with Gasteiger partial charge in [-0.2, -0.15) is 0 Å². The van der Waals surface area contributed by atoms with Gasteiger partial charge in [0.2, 0.25) is 11.8 Å². The average molecular weight is 226 g/mol. The molecule has 1 rings (SSSR count). The lowest BCUT2D eigenvalue weighted by atomic mass is 9.97. The first-order chi connectivity index (χ1) is 7.43. The summed E-state index contributed by atoms with van der Waals surface area (Å²) >= 11 is 0. The SMILES string of the molecule is CNCCN(C)Cc1nnc(C(C)(C)C)o1. The molecule has 5 nitrogen and oxygen atoms in total. The summed E-state index contributed by atoms with van der Waals surface area (Å²) in [5.41, 5.74) is -0.0746. The van der Waals surface area contributed by atoms with Gasteiger partial charge < -0.3 is 9.73 Å². The highest BCUT2D eigenvalue weighted by Crippen LogP contribution is 2.20. The van der Waals surface area contributed by atoms with E-state index in [1.54, 1.807) is 0 Å². The van der Waals surface area contributed by atoms with Crippen molar-refractivity contribution in [3.63, 3.8) is 0 Å². The van der Waals surface area contributed by atoms with Gasteiger partial charge in [-0.25, -0.2) is 0 Å². The van der Waals surface area contributed by atoms with E-state index in [1.807, 2.05) is 14.1 Å². The zero-order valence-corrected chi connectivity index (χ0v) is 10.9. The molecule has 0 aromatic carbocycles. The third-order valence-corrected chi connectivity index (χ3v) is 2.26. The fourth-order valence-electron chi connectivity index (χ4n) is 1.23. The molecular formula is C11H22N4O. The van der Waals surface area contributed by atoms with Crippen molar-refractivity contribution in [1.82, 2.24) is 20.4 Å². The molecule has 0 unspecified atom stereocenters. The second-order valence-electron chi connectivity index (χ2n) is 5.09. The van der Waals surface area contributed by atoms with Gasteiger partial charge in [0.05, 0.1) is 6.54 Å². The maximum Gasteiger partial charge on any atom is 0.230 e. The van der Waals surface area contributed by atoms with Crippen LogP contribution in [0.2, 0.25) is 0 Å².